The molecule has 0 aromatic carbocycles. The van der Waals surface area contributed by atoms with Gasteiger partial charge in [-0.15, -0.1) is 0 Å². The van der Waals surface area contributed by atoms with E-state index >= 15 is 0 Å². The van der Waals surface area contributed by atoms with Gasteiger partial charge in [0.15, 0.2) is 6.29 Å². The van der Waals surface area contributed by atoms with Gasteiger partial charge in [0.25, 0.3) is 0 Å². The van der Waals surface area contributed by atoms with Crippen LogP contribution in [0.2, 0.25) is 0 Å². The average Bonchev–Trinajstić information content (AvgIpc) is 2.55. The molecule has 5 unspecified atom stereocenters. The van der Waals surface area contributed by atoms with Crippen LogP contribution in [0, 0.1) is 0 Å². The van der Waals surface area contributed by atoms with Crippen LogP contribution >= 0.6 is 0 Å². The van der Waals surface area contributed by atoms with Gasteiger partial charge < -0.3 is 30.3 Å². The lowest BCUT2D eigenvalue weighted by atomic mass is 10.0. The second-order valence-electron chi connectivity index (χ2n) is 6.17. The van der Waals surface area contributed by atoms with Crippen LogP contribution < -0.4 is 0 Å². The van der Waals surface area contributed by atoms with Crippen LogP contribution in [0.15, 0.2) is 0 Å². The summed E-state index contributed by atoms with van der Waals surface area (Å²) in [7, 11) is 0. The second kappa shape index (κ2) is 14.1. The van der Waals surface area contributed by atoms with Crippen molar-refractivity contribution in [1.29, 1.82) is 0 Å². The molecule has 0 heterocycles. The molecule has 0 aromatic heterocycles. The topological polar surface area (TPSA) is 110 Å². The lowest BCUT2D eigenvalue weighted by Crippen LogP contribution is -2.46. The van der Waals surface area contributed by atoms with Crippen molar-refractivity contribution in [3.8, 4) is 0 Å². The summed E-state index contributed by atoms with van der Waals surface area (Å²) >= 11 is 0. The van der Waals surface area contributed by atoms with E-state index in [1.807, 2.05) is 6.92 Å². The van der Waals surface area contributed by atoms with Gasteiger partial charge in [0, 0.05) is 6.61 Å². The fourth-order valence-corrected chi connectivity index (χ4v) is 2.50. The third-order valence-corrected chi connectivity index (χ3v) is 4.13. The zero-order chi connectivity index (χ0) is 17.7. The van der Waals surface area contributed by atoms with E-state index in [1.165, 1.54) is 25.7 Å². The molecule has 0 aromatic rings. The Labute approximate surface area is 140 Å². The average molecular weight is 336 g/mol. The number of rotatable bonds is 15. The largest absolute Gasteiger partial charge is 0.396 e. The zero-order valence-corrected chi connectivity index (χ0v) is 14.6. The lowest BCUT2D eigenvalue weighted by Gasteiger charge is -2.28. The molecular weight excluding hydrogens is 300 g/mol. The van der Waals surface area contributed by atoms with Crippen LogP contribution in [0.1, 0.15) is 71.6 Å². The summed E-state index contributed by atoms with van der Waals surface area (Å²) < 4.78 is 5.41. The predicted octanol–water partition coefficient (Wildman–Crippen LogP) is 1.32. The van der Waals surface area contributed by atoms with Crippen LogP contribution in [0.25, 0.3) is 0 Å². The quantitative estimate of drug-likeness (QED) is 0.228. The normalized spacial score (nSPS) is 18.4. The second-order valence-corrected chi connectivity index (χ2v) is 6.17. The van der Waals surface area contributed by atoms with Gasteiger partial charge in [-0.3, -0.25) is 0 Å². The zero-order valence-electron chi connectivity index (χ0n) is 14.6. The molecule has 5 N–H and O–H groups in total. The molecular formula is C17H36O6. The summed E-state index contributed by atoms with van der Waals surface area (Å²) in [4.78, 5) is 0. The van der Waals surface area contributed by atoms with Gasteiger partial charge in [0.1, 0.15) is 12.2 Å². The molecule has 0 saturated carbocycles. The highest BCUT2D eigenvalue weighted by Crippen LogP contribution is 2.16. The highest BCUT2D eigenvalue weighted by Gasteiger charge is 2.31. The molecule has 0 aliphatic carbocycles. The standard InChI is InChI=1S/C17H36O6/c1-3-5-6-7-8-9-10-13(4-2)23-17(22)16(21)15(20)14(19)11-12-18/h13-22H,3-12H2,1-2H3. The maximum absolute atomic E-state index is 9.87. The molecule has 0 spiro atoms. The summed E-state index contributed by atoms with van der Waals surface area (Å²) in [5, 5.41) is 47.7. The molecule has 0 bridgehead atoms. The molecule has 6 nitrogen and oxygen atoms in total. The molecule has 0 rings (SSSR count). The SMILES string of the molecule is CCCCCCCCC(CC)OC(O)C(O)C(O)C(O)CCO. The Kier molecular flexibility index (Phi) is 14.0. The molecule has 0 amide bonds. The maximum Gasteiger partial charge on any atom is 0.183 e. The third kappa shape index (κ3) is 10.3. The number of aliphatic hydroxyl groups is 5. The van der Waals surface area contributed by atoms with Gasteiger partial charge in [-0.25, -0.2) is 0 Å². The van der Waals surface area contributed by atoms with E-state index in [-0.39, 0.29) is 19.1 Å². The Morgan fingerprint density at radius 3 is 1.96 bits per heavy atom. The minimum atomic E-state index is -1.60. The first-order chi connectivity index (χ1) is 11.0. The molecule has 5 atom stereocenters. The van der Waals surface area contributed by atoms with Crippen molar-refractivity contribution >= 4 is 0 Å². The fraction of sp³-hybridized carbons (Fsp3) is 1.00. The minimum absolute atomic E-state index is 0.0695. The van der Waals surface area contributed by atoms with Crippen LogP contribution in [-0.4, -0.2) is 62.8 Å². The van der Waals surface area contributed by atoms with Crippen LogP contribution in [-0.2, 0) is 4.74 Å². The molecule has 0 fully saturated rings. The highest BCUT2D eigenvalue weighted by molar-refractivity contribution is 4.77. The van der Waals surface area contributed by atoms with E-state index < -0.39 is 24.6 Å². The van der Waals surface area contributed by atoms with E-state index in [9.17, 15) is 20.4 Å². The Balaban J connectivity index is 4.08. The molecule has 0 aliphatic rings. The van der Waals surface area contributed by atoms with Crippen LogP contribution in [0.4, 0.5) is 0 Å². The monoisotopic (exact) mass is 336 g/mol. The van der Waals surface area contributed by atoms with Gasteiger partial charge >= 0.3 is 0 Å². The van der Waals surface area contributed by atoms with E-state index in [0.29, 0.717) is 6.42 Å². The van der Waals surface area contributed by atoms with Gasteiger partial charge in [-0.2, -0.15) is 0 Å². The van der Waals surface area contributed by atoms with Crippen LogP contribution in [0.5, 0.6) is 0 Å². The molecule has 140 valence electrons. The Bertz CT molecular complexity index is 263. The number of aliphatic hydroxyl groups excluding tert-OH is 5. The van der Waals surface area contributed by atoms with Crippen molar-refractivity contribution in [3.05, 3.63) is 0 Å². The molecule has 0 saturated heterocycles. The first-order valence-corrected chi connectivity index (χ1v) is 8.96. The summed E-state index contributed by atoms with van der Waals surface area (Å²) in [6, 6.07) is 0. The Morgan fingerprint density at radius 1 is 0.783 bits per heavy atom. The van der Waals surface area contributed by atoms with E-state index in [2.05, 4.69) is 6.92 Å². The van der Waals surface area contributed by atoms with Crippen molar-refractivity contribution in [2.24, 2.45) is 0 Å². The van der Waals surface area contributed by atoms with E-state index in [1.54, 1.807) is 0 Å². The smallest absolute Gasteiger partial charge is 0.183 e. The van der Waals surface area contributed by atoms with Gasteiger partial charge in [0.05, 0.1) is 12.2 Å². The number of hydrogen-bond acceptors (Lipinski definition) is 6. The number of ether oxygens (including phenoxy) is 1. The summed E-state index contributed by atoms with van der Waals surface area (Å²) in [5.41, 5.74) is 0. The lowest BCUT2D eigenvalue weighted by molar-refractivity contribution is -0.222. The molecule has 0 aliphatic heterocycles. The number of unbranched alkanes of at least 4 members (excludes halogenated alkanes) is 5. The maximum atomic E-state index is 9.87. The summed E-state index contributed by atoms with van der Waals surface area (Å²) in [6.45, 7) is 3.81. The van der Waals surface area contributed by atoms with Crippen LogP contribution in [0.3, 0.4) is 0 Å². The van der Waals surface area contributed by atoms with Crippen molar-refractivity contribution < 1.29 is 30.3 Å². The van der Waals surface area contributed by atoms with Gasteiger partial charge in [-0.05, 0) is 19.3 Å². The summed E-state index contributed by atoms with van der Waals surface area (Å²) in [5.74, 6) is 0. The minimum Gasteiger partial charge on any atom is -0.396 e. The van der Waals surface area contributed by atoms with Gasteiger partial charge in [0.2, 0.25) is 0 Å². The molecule has 6 heteroatoms. The molecule has 0 radical (unpaired) electrons. The molecule has 23 heavy (non-hydrogen) atoms. The van der Waals surface area contributed by atoms with Crippen molar-refractivity contribution in [1.82, 2.24) is 0 Å². The van der Waals surface area contributed by atoms with Crippen molar-refractivity contribution in [2.75, 3.05) is 6.61 Å². The Hall–Kier alpha value is -0.240. The highest BCUT2D eigenvalue weighted by atomic mass is 16.6. The first kappa shape index (κ1) is 22.8. The van der Waals surface area contributed by atoms with Crippen molar-refractivity contribution in [2.45, 2.75) is 102 Å². The van der Waals surface area contributed by atoms with E-state index in [0.717, 1.165) is 19.3 Å². The fourth-order valence-electron chi connectivity index (χ4n) is 2.50. The Morgan fingerprint density at radius 2 is 1.39 bits per heavy atom. The third-order valence-electron chi connectivity index (χ3n) is 4.13. The predicted molar refractivity (Wildman–Crippen MR) is 88.9 cm³/mol. The van der Waals surface area contributed by atoms with Crippen molar-refractivity contribution in [3.63, 3.8) is 0 Å². The van der Waals surface area contributed by atoms with E-state index in [4.69, 9.17) is 9.84 Å². The number of hydrogen-bond donors (Lipinski definition) is 5. The van der Waals surface area contributed by atoms with Gasteiger partial charge in [-0.1, -0.05) is 52.4 Å². The summed E-state index contributed by atoms with van der Waals surface area (Å²) in [6.07, 6.45) is 2.27. The first-order valence-electron chi connectivity index (χ1n) is 8.96.